The number of methoxy groups -OCH3 is 1. The van der Waals surface area contributed by atoms with E-state index in [2.05, 4.69) is 5.43 Å². The zero-order valence-corrected chi connectivity index (χ0v) is 13.4. The monoisotopic (exact) mass is 334 g/mol. The Hall–Kier alpha value is -1.99. The largest absolute Gasteiger partial charge is 0.497 e. The zero-order valence-electron chi connectivity index (χ0n) is 11.8. The average molecular weight is 334 g/mol. The van der Waals surface area contributed by atoms with Gasteiger partial charge in [-0.15, -0.1) is 23.1 Å². The van der Waals surface area contributed by atoms with Crippen LogP contribution in [-0.2, 0) is 4.79 Å². The molecule has 0 bridgehead atoms. The van der Waals surface area contributed by atoms with Crippen molar-refractivity contribution in [2.75, 3.05) is 12.9 Å². The summed E-state index contributed by atoms with van der Waals surface area (Å²) in [6, 6.07) is 10.7. The number of carbonyl (C=O) groups is 2. The smallest absolute Gasteiger partial charge is 0.269 e. The number of amides is 2. The molecule has 3 rings (SSSR count). The van der Waals surface area contributed by atoms with Gasteiger partial charge in [-0.25, -0.2) is 5.01 Å². The summed E-state index contributed by atoms with van der Waals surface area (Å²) in [6.45, 7) is 0. The molecule has 1 fully saturated rings. The molecule has 2 amide bonds. The molecule has 1 atom stereocenters. The van der Waals surface area contributed by atoms with E-state index in [1.165, 1.54) is 16.8 Å². The summed E-state index contributed by atoms with van der Waals surface area (Å²) in [5, 5.41) is 3.22. The molecular weight excluding hydrogens is 320 g/mol. The first-order valence-corrected chi connectivity index (χ1v) is 8.54. The highest BCUT2D eigenvalue weighted by atomic mass is 32.2. The molecule has 7 heteroatoms. The number of nitrogens with one attached hydrogen (secondary N) is 1. The van der Waals surface area contributed by atoms with Gasteiger partial charge in [-0.05, 0) is 35.7 Å². The molecule has 22 heavy (non-hydrogen) atoms. The summed E-state index contributed by atoms with van der Waals surface area (Å²) in [5.74, 6) is 0.650. The Kier molecular flexibility index (Phi) is 4.35. The Balaban J connectivity index is 1.75. The molecule has 5 nitrogen and oxygen atoms in total. The highest BCUT2D eigenvalue weighted by molar-refractivity contribution is 8.00. The minimum atomic E-state index is -0.306. The highest BCUT2D eigenvalue weighted by Crippen LogP contribution is 2.39. The Morgan fingerprint density at radius 3 is 2.73 bits per heavy atom. The number of hydrazine groups is 1. The normalized spacial score (nSPS) is 17.6. The van der Waals surface area contributed by atoms with Gasteiger partial charge in [-0.2, -0.15) is 0 Å². The second kappa shape index (κ2) is 6.41. The number of benzene rings is 1. The molecule has 114 valence electrons. The maximum atomic E-state index is 12.3. The fourth-order valence-electron chi connectivity index (χ4n) is 2.10. The molecule has 1 aromatic heterocycles. The lowest BCUT2D eigenvalue weighted by Gasteiger charge is -2.23. The number of ether oxygens (including phenoxy) is 1. The molecule has 2 aromatic rings. The predicted molar refractivity (Wildman–Crippen MR) is 86.8 cm³/mol. The summed E-state index contributed by atoms with van der Waals surface area (Å²) < 4.78 is 5.07. The van der Waals surface area contributed by atoms with Gasteiger partial charge in [0.25, 0.3) is 11.8 Å². The molecule has 1 aromatic carbocycles. The number of rotatable bonds is 4. The minimum absolute atomic E-state index is 0.0924. The van der Waals surface area contributed by atoms with Crippen LogP contribution in [0.15, 0.2) is 41.8 Å². The Labute approximate surface area is 136 Å². The molecule has 1 saturated heterocycles. The van der Waals surface area contributed by atoms with Crippen molar-refractivity contribution in [2.24, 2.45) is 0 Å². The first kappa shape index (κ1) is 14.9. The van der Waals surface area contributed by atoms with E-state index in [0.29, 0.717) is 17.1 Å². The van der Waals surface area contributed by atoms with Crippen LogP contribution in [0.1, 0.15) is 20.6 Å². The van der Waals surface area contributed by atoms with E-state index in [9.17, 15) is 9.59 Å². The predicted octanol–water partition coefficient (Wildman–Crippen LogP) is 2.68. The fourth-order valence-corrected chi connectivity index (χ4v) is 4.17. The van der Waals surface area contributed by atoms with E-state index in [0.717, 1.165) is 4.88 Å². The minimum Gasteiger partial charge on any atom is -0.497 e. The van der Waals surface area contributed by atoms with Crippen molar-refractivity contribution in [2.45, 2.75) is 5.37 Å². The van der Waals surface area contributed by atoms with Crippen molar-refractivity contribution in [1.29, 1.82) is 0 Å². The second-order valence-corrected chi connectivity index (χ2v) is 6.66. The average Bonchev–Trinajstić information content (AvgIpc) is 3.18. The van der Waals surface area contributed by atoms with Crippen LogP contribution < -0.4 is 10.2 Å². The zero-order chi connectivity index (χ0) is 15.5. The van der Waals surface area contributed by atoms with Gasteiger partial charge < -0.3 is 4.74 Å². The Bertz CT molecular complexity index is 671. The Morgan fingerprint density at radius 2 is 2.09 bits per heavy atom. The lowest BCUT2D eigenvalue weighted by molar-refractivity contribution is -0.130. The summed E-state index contributed by atoms with van der Waals surface area (Å²) >= 11 is 3.08. The summed E-state index contributed by atoms with van der Waals surface area (Å²) in [6.07, 6.45) is 0. The van der Waals surface area contributed by atoms with Crippen LogP contribution in [0, 0.1) is 0 Å². The van der Waals surface area contributed by atoms with Crippen molar-refractivity contribution in [1.82, 2.24) is 10.4 Å². The maximum absolute atomic E-state index is 12.3. The van der Waals surface area contributed by atoms with E-state index < -0.39 is 0 Å². The van der Waals surface area contributed by atoms with E-state index >= 15 is 0 Å². The molecule has 0 saturated carbocycles. The van der Waals surface area contributed by atoms with Crippen molar-refractivity contribution in [3.05, 3.63) is 52.2 Å². The fraction of sp³-hybridized carbons (Fsp3) is 0.200. The molecule has 2 heterocycles. The number of thiophene rings is 1. The number of carbonyl (C=O) groups excluding carboxylic acids is 2. The van der Waals surface area contributed by atoms with Gasteiger partial charge in [-0.3, -0.25) is 15.0 Å². The van der Waals surface area contributed by atoms with Gasteiger partial charge >= 0.3 is 0 Å². The third-order valence-corrected chi connectivity index (χ3v) is 5.50. The first-order valence-electron chi connectivity index (χ1n) is 6.61. The van der Waals surface area contributed by atoms with Crippen LogP contribution in [0.3, 0.4) is 0 Å². The van der Waals surface area contributed by atoms with Gasteiger partial charge in [0.2, 0.25) is 0 Å². The van der Waals surface area contributed by atoms with Crippen molar-refractivity contribution >= 4 is 34.9 Å². The molecule has 1 aliphatic rings. The van der Waals surface area contributed by atoms with Gasteiger partial charge in [0, 0.05) is 10.4 Å². The molecule has 0 spiro atoms. The van der Waals surface area contributed by atoms with Crippen LogP contribution >= 0.6 is 23.1 Å². The summed E-state index contributed by atoms with van der Waals surface area (Å²) in [7, 11) is 1.57. The van der Waals surface area contributed by atoms with E-state index in [-0.39, 0.29) is 17.2 Å². The van der Waals surface area contributed by atoms with Crippen LogP contribution in [0.5, 0.6) is 5.75 Å². The third kappa shape index (κ3) is 2.95. The topological polar surface area (TPSA) is 58.6 Å². The molecular formula is C15H14N2O3S2. The maximum Gasteiger partial charge on any atom is 0.269 e. The van der Waals surface area contributed by atoms with Crippen LogP contribution in [0.2, 0.25) is 0 Å². The molecule has 0 aliphatic carbocycles. The Morgan fingerprint density at radius 1 is 1.32 bits per heavy atom. The van der Waals surface area contributed by atoms with E-state index in [4.69, 9.17) is 4.74 Å². The highest BCUT2D eigenvalue weighted by Gasteiger charge is 2.35. The lowest BCUT2D eigenvalue weighted by Crippen LogP contribution is -2.44. The molecule has 1 aliphatic heterocycles. The van der Waals surface area contributed by atoms with Crippen molar-refractivity contribution in [3.63, 3.8) is 0 Å². The quantitative estimate of drug-likeness (QED) is 0.934. The van der Waals surface area contributed by atoms with Crippen molar-refractivity contribution in [3.8, 4) is 5.75 Å². The molecule has 0 radical (unpaired) electrons. The number of nitrogens with zero attached hydrogens (tertiary/aromatic N) is 1. The second-order valence-electron chi connectivity index (χ2n) is 4.61. The number of hydrogen-bond donors (Lipinski definition) is 1. The standard InChI is InChI=1S/C15H14N2O3S2/c1-20-11-6-4-10(5-7-11)14(19)16-17-13(18)9-22-15(17)12-3-2-8-21-12/h2-8,15H,9H2,1H3,(H,16,19)/t15-/m1/s1. The summed E-state index contributed by atoms with van der Waals surface area (Å²) in [5.41, 5.74) is 3.19. The molecule has 1 N–H and O–H groups in total. The van der Waals surface area contributed by atoms with Gasteiger partial charge in [0.15, 0.2) is 0 Å². The third-order valence-electron chi connectivity index (χ3n) is 3.23. The van der Waals surface area contributed by atoms with Crippen molar-refractivity contribution < 1.29 is 14.3 Å². The van der Waals surface area contributed by atoms with Crippen LogP contribution in [0.4, 0.5) is 0 Å². The van der Waals surface area contributed by atoms with Gasteiger partial charge in [0.05, 0.1) is 12.9 Å². The summed E-state index contributed by atoms with van der Waals surface area (Å²) in [4.78, 5) is 25.4. The van der Waals surface area contributed by atoms with E-state index in [1.807, 2.05) is 17.5 Å². The number of thioether (sulfide) groups is 1. The van der Waals surface area contributed by atoms with Crippen LogP contribution in [0.25, 0.3) is 0 Å². The van der Waals surface area contributed by atoms with Gasteiger partial charge in [0.1, 0.15) is 11.1 Å². The van der Waals surface area contributed by atoms with Gasteiger partial charge in [-0.1, -0.05) is 6.07 Å². The lowest BCUT2D eigenvalue weighted by atomic mass is 10.2. The number of hydrogen-bond acceptors (Lipinski definition) is 5. The van der Waals surface area contributed by atoms with Crippen LogP contribution in [-0.4, -0.2) is 29.7 Å². The first-order chi connectivity index (χ1) is 10.7. The SMILES string of the molecule is COc1ccc(C(=O)NN2C(=O)CS[C@@H]2c2cccs2)cc1. The molecule has 0 unspecified atom stereocenters. The van der Waals surface area contributed by atoms with E-state index in [1.54, 1.807) is 42.7 Å².